The average Bonchev–Trinajstić information content (AvgIpc) is 3.34. The molecule has 3 heterocycles. The summed E-state index contributed by atoms with van der Waals surface area (Å²) in [6, 6.07) is 5.99. The third-order valence-corrected chi connectivity index (χ3v) is 5.18. The lowest BCUT2D eigenvalue weighted by Gasteiger charge is -2.00. The highest BCUT2D eigenvalue weighted by Gasteiger charge is 2.14. The van der Waals surface area contributed by atoms with E-state index < -0.39 is 0 Å². The summed E-state index contributed by atoms with van der Waals surface area (Å²) in [5, 5.41) is 8.81. The molecular formula is C20H19N5O3S. The Hall–Kier alpha value is -3.20. The molecule has 0 saturated heterocycles. The molecule has 4 rings (SSSR count). The zero-order valence-electron chi connectivity index (χ0n) is 15.9. The van der Waals surface area contributed by atoms with Gasteiger partial charge in [0.25, 0.3) is 0 Å². The number of hydrogen-bond donors (Lipinski definition) is 0. The van der Waals surface area contributed by atoms with Crippen molar-refractivity contribution in [1.29, 1.82) is 0 Å². The van der Waals surface area contributed by atoms with Gasteiger partial charge in [0, 0.05) is 18.0 Å². The highest BCUT2D eigenvalue weighted by molar-refractivity contribution is 7.18. The van der Waals surface area contributed by atoms with Crippen LogP contribution in [0.2, 0.25) is 0 Å². The first-order valence-corrected chi connectivity index (χ1v) is 10.2. The third-order valence-electron chi connectivity index (χ3n) is 4.16. The number of ether oxygens (including phenoxy) is 1. The first kappa shape index (κ1) is 19.1. The van der Waals surface area contributed by atoms with Gasteiger partial charge < -0.3 is 9.15 Å². The Kier molecular flexibility index (Phi) is 5.85. The molecular weight excluding hydrogens is 390 g/mol. The zero-order valence-corrected chi connectivity index (χ0v) is 16.7. The molecule has 0 spiro atoms. The Bertz CT molecular complexity index is 1110. The molecule has 0 fully saturated rings. The molecule has 29 heavy (non-hydrogen) atoms. The lowest BCUT2D eigenvalue weighted by molar-refractivity contribution is -0.143. The van der Waals surface area contributed by atoms with Gasteiger partial charge in [-0.15, -0.1) is 21.5 Å². The van der Waals surface area contributed by atoms with Gasteiger partial charge in [0.15, 0.2) is 0 Å². The molecule has 8 nitrogen and oxygen atoms in total. The number of hydrogen-bond acceptors (Lipinski definition) is 9. The average molecular weight is 409 g/mol. The maximum absolute atomic E-state index is 11.8. The van der Waals surface area contributed by atoms with Crippen molar-refractivity contribution in [3.05, 3.63) is 53.6 Å². The minimum absolute atomic E-state index is 0.0158. The summed E-state index contributed by atoms with van der Waals surface area (Å²) in [4.78, 5) is 24.8. The van der Waals surface area contributed by atoms with E-state index in [4.69, 9.17) is 9.15 Å². The normalized spacial score (nSPS) is 11.1. The van der Waals surface area contributed by atoms with Crippen LogP contribution >= 0.6 is 11.3 Å². The summed E-state index contributed by atoms with van der Waals surface area (Å²) in [6.45, 7) is 2.45. The zero-order chi connectivity index (χ0) is 20.1. The summed E-state index contributed by atoms with van der Waals surface area (Å²) in [5.74, 6) is 0.326. The predicted molar refractivity (Wildman–Crippen MR) is 107 cm³/mol. The van der Waals surface area contributed by atoms with Crippen LogP contribution in [0.1, 0.15) is 36.6 Å². The highest BCUT2D eigenvalue weighted by Crippen LogP contribution is 2.28. The molecule has 0 atom stereocenters. The van der Waals surface area contributed by atoms with Crippen LogP contribution < -0.4 is 0 Å². The van der Waals surface area contributed by atoms with Crippen LogP contribution in [0.25, 0.3) is 21.5 Å². The van der Waals surface area contributed by atoms with E-state index in [1.54, 1.807) is 29.9 Å². The summed E-state index contributed by atoms with van der Waals surface area (Å²) in [6.07, 6.45) is 7.27. The molecule has 0 aliphatic carbocycles. The highest BCUT2D eigenvalue weighted by atomic mass is 32.1. The molecule has 0 unspecified atom stereocenters. The maximum Gasteiger partial charge on any atom is 0.315 e. The minimum atomic E-state index is -0.356. The number of thiazole rings is 1. The number of benzene rings is 1. The first-order chi connectivity index (χ1) is 14.2. The molecule has 0 aliphatic heterocycles. The van der Waals surface area contributed by atoms with Gasteiger partial charge in [0.2, 0.25) is 11.8 Å². The van der Waals surface area contributed by atoms with Gasteiger partial charge in [0.05, 0.1) is 35.1 Å². The predicted octanol–water partition coefficient (Wildman–Crippen LogP) is 3.61. The van der Waals surface area contributed by atoms with E-state index in [-0.39, 0.29) is 18.3 Å². The topological polar surface area (TPSA) is 104 Å². The quantitative estimate of drug-likeness (QED) is 0.321. The molecule has 3 aromatic heterocycles. The number of fused-ring (bicyclic) bond motifs is 1. The molecule has 0 radical (unpaired) electrons. The van der Waals surface area contributed by atoms with Gasteiger partial charge in [-0.05, 0) is 18.6 Å². The minimum Gasteiger partial charge on any atom is -0.465 e. The molecule has 0 amide bonds. The van der Waals surface area contributed by atoms with E-state index in [1.165, 1.54) is 0 Å². The molecule has 0 aliphatic rings. The number of nitrogens with zero attached hydrogens (tertiary/aromatic N) is 5. The van der Waals surface area contributed by atoms with Crippen molar-refractivity contribution < 1.29 is 13.9 Å². The van der Waals surface area contributed by atoms with Crippen LogP contribution in [0.3, 0.4) is 0 Å². The van der Waals surface area contributed by atoms with Gasteiger partial charge in [-0.2, -0.15) is 0 Å². The lowest BCUT2D eigenvalue weighted by Crippen LogP contribution is -2.09. The SMILES string of the molecule is CCCCOC(=O)Cc1nnc(Cc2nc3ccc(-c4cnccn4)cc3s2)o1. The number of unbranched alkanes of at least 4 members (excludes halogenated alkanes) is 1. The maximum atomic E-state index is 11.8. The molecule has 9 heteroatoms. The molecule has 0 bridgehead atoms. The van der Waals surface area contributed by atoms with Gasteiger partial charge in [-0.1, -0.05) is 19.4 Å². The molecule has 148 valence electrons. The first-order valence-electron chi connectivity index (χ1n) is 9.34. The van der Waals surface area contributed by atoms with Gasteiger partial charge in [-0.25, -0.2) is 4.98 Å². The fourth-order valence-electron chi connectivity index (χ4n) is 2.72. The van der Waals surface area contributed by atoms with E-state index in [0.717, 1.165) is 39.3 Å². The van der Waals surface area contributed by atoms with Crippen molar-refractivity contribution in [3.8, 4) is 11.3 Å². The second-order valence-corrected chi connectivity index (χ2v) is 7.51. The van der Waals surface area contributed by atoms with E-state index in [2.05, 4.69) is 25.1 Å². The number of aromatic nitrogens is 5. The second kappa shape index (κ2) is 8.87. The Morgan fingerprint density at radius 3 is 2.93 bits per heavy atom. The van der Waals surface area contributed by atoms with Crippen molar-refractivity contribution >= 4 is 27.5 Å². The van der Waals surface area contributed by atoms with Crippen LogP contribution in [0, 0.1) is 0 Å². The van der Waals surface area contributed by atoms with Crippen molar-refractivity contribution in [2.24, 2.45) is 0 Å². The van der Waals surface area contributed by atoms with Gasteiger partial charge in [-0.3, -0.25) is 14.8 Å². The van der Waals surface area contributed by atoms with Crippen molar-refractivity contribution in [3.63, 3.8) is 0 Å². The standard InChI is InChI=1S/C20H19N5O3S/c1-2-3-8-27-20(26)11-18-25-24-17(28-18)10-19-23-14-5-4-13(9-16(14)29-19)15-12-21-6-7-22-15/h4-7,9,12H,2-3,8,10-11H2,1H3. The van der Waals surface area contributed by atoms with Crippen LogP contribution in [0.4, 0.5) is 0 Å². The van der Waals surface area contributed by atoms with Crippen molar-refractivity contribution in [2.45, 2.75) is 32.6 Å². The fourth-order valence-corrected chi connectivity index (χ4v) is 3.72. The number of esters is 1. The summed E-state index contributed by atoms with van der Waals surface area (Å²) in [5.41, 5.74) is 2.70. The molecule has 0 saturated carbocycles. The van der Waals surface area contributed by atoms with Crippen molar-refractivity contribution in [1.82, 2.24) is 25.1 Å². The number of carbonyl (C=O) groups is 1. The lowest BCUT2D eigenvalue weighted by atomic mass is 10.1. The Morgan fingerprint density at radius 2 is 2.10 bits per heavy atom. The van der Waals surface area contributed by atoms with Crippen LogP contribution in [0.15, 0.2) is 41.2 Å². The van der Waals surface area contributed by atoms with Crippen molar-refractivity contribution in [2.75, 3.05) is 6.61 Å². The Balaban J connectivity index is 1.43. The summed E-state index contributed by atoms with van der Waals surface area (Å²) in [7, 11) is 0. The van der Waals surface area contributed by atoms with E-state index in [9.17, 15) is 4.79 Å². The Morgan fingerprint density at radius 1 is 1.21 bits per heavy atom. The second-order valence-electron chi connectivity index (χ2n) is 6.40. The molecule has 4 aromatic rings. The smallest absolute Gasteiger partial charge is 0.315 e. The van der Waals surface area contributed by atoms with Gasteiger partial charge >= 0.3 is 5.97 Å². The third kappa shape index (κ3) is 4.80. The van der Waals surface area contributed by atoms with E-state index in [0.29, 0.717) is 18.9 Å². The van der Waals surface area contributed by atoms with Gasteiger partial charge in [0.1, 0.15) is 11.4 Å². The monoisotopic (exact) mass is 409 g/mol. The molecule has 0 N–H and O–H groups in total. The van der Waals surface area contributed by atoms with Crippen LogP contribution in [-0.4, -0.2) is 37.7 Å². The summed E-state index contributed by atoms with van der Waals surface area (Å²) < 4.78 is 11.7. The van der Waals surface area contributed by atoms with Crippen LogP contribution in [-0.2, 0) is 22.4 Å². The summed E-state index contributed by atoms with van der Waals surface area (Å²) >= 11 is 1.56. The van der Waals surface area contributed by atoms with E-state index >= 15 is 0 Å². The largest absolute Gasteiger partial charge is 0.465 e. The number of carbonyl (C=O) groups excluding carboxylic acids is 1. The Labute approximate surface area is 171 Å². The van der Waals surface area contributed by atoms with E-state index in [1.807, 2.05) is 25.1 Å². The van der Waals surface area contributed by atoms with Crippen LogP contribution in [0.5, 0.6) is 0 Å². The molecule has 1 aromatic carbocycles. The number of rotatable bonds is 8. The fraction of sp³-hybridized carbons (Fsp3) is 0.300.